The monoisotopic (exact) mass is 270 g/mol. The summed E-state index contributed by atoms with van der Waals surface area (Å²) in [5.41, 5.74) is 1.27. The van der Waals surface area contributed by atoms with Gasteiger partial charge in [-0.15, -0.1) is 0 Å². The van der Waals surface area contributed by atoms with Crippen molar-refractivity contribution in [2.75, 3.05) is 39.3 Å². The van der Waals surface area contributed by atoms with Crippen molar-refractivity contribution in [2.45, 2.75) is 18.5 Å². The van der Waals surface area contributed by atoms with Gasteiger partial charge < -0.3 is 5.32 Å². The van der Waals surface area contributed by atoms with E-state index in [1.165, 1.54) is 5.56 Å². The van der Waals surface area contributed by atoms with Crippen LogP contribution in [0.3, 0.4) is 0 Å². The maximum absolute atomic E-state index is 9.12. The fraction of sp³-hybridized carbons (Fsp3) is 0.562. The molecule has 1 atom stereocenters. The lowest BCUT2D eigenvalue weighted by atomic mass is 10.0. The van der Waals surface area contributed by atoms with Crippen molar-refractivity contribution >= 4 is 0 Å². The molecule has 1 N–H and O–H groups in total. The number of rotatable bonds is 4. The number of piperazine rings is 1. The quantitative estimate of drug-likeness (QED) is 0.893. The van der Waals surface area contributed by atoms with Crippen LogP contribution in [0.1, 0.15) is 18.0 Å². The Labute approximate surface area is 121 Å². The van der Waals surface area contributed by atoms with Gasteiger partial charge in [0.15, 0.2) is 0 Å². The Hall–Kier alpha value is -1.41. The van der Waals surface area contributed by atoms with Crippen LogP contribution in [0.5, 0.6) is 0 Å². The predicted molar refractivity (Wildman–Crippen MR) is 79.2 cm³/mol. The lowest BCUT2D eigenvalue weighted by molar-refractivity contribution is 0.0521. The Kier molecular flexibility index (Phi) is 4.31. The fourth-order valence-corrected chi connectivity index (χ4v) is 3.17. The second kappa shape index (κ2) is 6.36. The van der Waals surface area contributed by atoms with E-state index in [2.05, 4.69) is 45.5 Å². The van der Waals surface area contributed by atoms with Gasteiger partial charge in [-0.05, 0) is 5.56 Å². The fourth-order valence-electron chi connectivity index (χ4n) is 3.17. The summed E-state index contributed by atoms with van der Waals surface area (Å²) >= 11 is 0. The maximum atomic E-state index is 9.12. The molecule has 4 nitrogen and oxygen atoms in total. The van der Waals surface area contributed by atoms with Crippen molar-refractivity contribution in [1.29, 1.82) is 5.26 Å². The molecule has 1 aromatic rings. The number of nitriles is 1. The first-order chi connectivity index (χ1) is 9.88. The third-order valence-corrected chi connectivity index (χ3v) is 4.53. The standard InChI is InChI=1S/C16H22N4/c17-7-6-16(14-4-2-1-3-5-14)20-10-8-19(9-11-20)15-12-18-13-15/h1-5,15-16,18H,6,8-13H2. The summed E-state index contributed by atoms with van der Waals surface area (Å²) < 4.78 is 0. The smallest absolute Gasteiger partial charge is 0.0641 e. The molecular weight excluding hydrogens is 248 g/mol. The second-order valence-electron chi connectivity index (χ2n) is 5.67. The Bertz CT molecular complexity index is 455. The number of hydrogen-bond donors (Lipinski definition) is 1. The van der Waals surface area contributed by atoms with Crippen molar-refractivity contribution in [2.24, 2.45) is 0 Å². The lowest BCUT2D eigenvalue weighted by Gasteiger charge is -2.45. The molecule has 0 aromatic heterocycles. The molecule has 2 aliphatic heterocycles. The molecule has 2 heterocycles. The summed E-state index contributed by atoms with van der Waals surface area (Å²) in [5, 5.41) is 12.5. The highest BCUT2D eigenvalue weighted by atomic mass is 15.3. The van der Waals surface area contributed by atoms with Crippen LogP contribution in [-0.4, -0.2) is 55.1 Å². The van der Waals surface area contributed by atoms with E-state index >= 15 is 0 Å². The summed E-state index contributed by atoms with van der Waals surface area (Å²) in [5.74, 6) is 0. The Balaban J connectivity index is 1.63. The van der Waals surface area contributed by atoms with E-state index in [9.17, 15) is 0 Å². The van der Waals surface area contributed by atoms with Crippen LogP contribution in [0.15, 0.2) is 30.3 Å². The molecule has 1 aromatic carbocycles. The van der Waals surface area contributed by atoms with E-state index in [4.69, 9.17) is 5.26 Å². The van der Waals surface area contributed by atoms with E-state index in [1.807, 2.05) is 6.07 Å². The van der Waals surface area contributed by atoms with Crippen molar-refractivity contribution in [1.82, 2.24) is 15.1 Å². The molecule has 106 valence electrons. The molecule has 2 saturated heterocycles. The topological polar surface area (TPSA) is 42.3 Å². The second-order valence-corrected chi connectivity index (χ2v) is 5.67. The minimum Gasteiger partial charge on any atom is -0.314 e. The van der Waals surface area contributed by atoms with Crippen LogP contribution in [0, 0.1) is 11.3 Å². The highest BCUT2D eigenvalue weighted by molar-refractivity contribution is 5.20. The average Bonchev–Trinajstić information content (AvgIpc) is 2.45. The zero-order valence-corrected chi connectivity index (χ0v) is 11.8. The number of benzene rings is 1. The van der Waals surface area contributed by atoms with Crippen LogP contribution in [-0.2, 0) is 0 Å². The zero-order chi connectivity index (χ0) is 13.8. The van der Waals surface area contributed by atoms with Gasteiger partial charge in [-0.25, -0.2) is 0 Å². The molecule has 1 unspecified atom stereocenters. The normalized spacial score (nSPS) is 22.9. The summed E-state index contributed by atoms with van der Waals surface area (Å²) in [6, 6.07) is 13.8. The highest BCUT2D eigenvalue weighted by Gasteiger charge is 2.30. The Morgan fingerprint density at radius 3 is 2.40 bits per heavy atom. The minimum absolute atomic E-state index is 0.253. The highest BCUT2D eigenvalue weighted by Crippen LogP contribution is 2.25. The predicted octanol–water partition coefficient (Wildman–Crippen LogP) is 1.23. The van der Waals surface area contributed by atoms with Gasteiger partial charge in [0.25, 0.3) is 0 Å². The number of nitrogens with zero attached hydrogens (tertiary/aromatic N) is 3. The van der Waals surface area contributed by atoms with E-state index in [0.29, 0.717) is 6.42 Å². The molecule has 0 aliphatic carbocycles. The van der Waals surface area contributed by atoms with Crippen molar-refractivity contribution in [3.8, 4) is 6.07 Å². The van der Waals surface area contributed by atoms with E-state index < -0.39 is 0 Å². The molecule has 20 heavy (non-hydrogen) atoms. The van der Waals surface area contributed by atoms with Crippen molar-refractivity contribution in [3.05, 3.63) is 35.9 Å². The van der Waals surface area contributed by atoms with Crippen molar-refractivity contribution < 1.29 is 0 Å². The molecule has 0 spiro atoms. The number of nitrogens with one attached hydrogen (secondary N) is 1. The largest absolute Gasteiger partial charge is 0.314 e. The molecule has 0 saturated carbocycles. The van der Waals surface area contributed by atoms with Gasteiger partial charge >= 0.3 is 0 Å². The van der Waals surface area contributed by atoms with Crippen LogP contribution < -0.4 is 5.32 Å². The molecule has 2 aliphatic rings. The zero-order valence-electron chi connectivity index (χ0n) is 11.8. The Morgan fingerprint density at radius 2 is 1.85 bits per heavy atom. The van der Waals surface area contributed by atoms with Gasteiger partial charge in [-0.2, -0.15) is 5.26 Å². The van der Waals surface area contributed by atoms with Gasteiger partial charge in [0.1, 0.15) is 0 Å². The molecule has 0 bridgehead atoms. The molecule has 2 fully saturated rings. The molecule has 0 amide bonds. The van der Waals surface area contributed by atoms with Crippen LogP contribution in [0.4, 0.5) is 0 Å². The third kappa shape index (κ3) is 2.85. The molecule has 4 heteroatoms. The number of hydrogen-bond acceptors (Lipinski definition) is 4. The van der Waals surface area contributed by atoms with Gasteiger partial charge in [-0.3, -0.25) is 9.80 Å². The maximum Gasteiger partial charge on any atom is 0.0641 e. The summed E-state index contributed by atoms with van der Waals surface area (Å²) in [7, 11) is 0. The van der Waals surface area contributed by atoms with Gasteiger partial charge in [-0.1, -0.05) is 30.3 Å². The van der Waals surface area contributed by atoms with Gasteiger partial charge in [0, 0.05) is 51.4 Å². The van der Waals surface area contributed by atoms with Crippen molar-refractivity contribution in [3.63, 3.8) is 0 Å². The summed E-state index contributed by atoms with van der Waals surface area (Å²) in [6.45, 7) is 6.66. The van der Waals surface area contributed by atoms with E-state index in [0.717, 1.165) is 45.3 Å². The van der Waals surface area contributed by atoms with Crippen LogP contribution in [0.25, 0.3) is 0 Å². The summed E-state index contributed by atoms with van der Waals surface area (Å²) in [6.07, 6.45) is 0.578. The van der Waals surface area contributed by atoms with E-state index in [1.54, 1.807) is 0 Å². The van der Waals surface area contributed by atoms with E-state index in [-0.39, 0.29) is 6.04 Å². The van der Waals surface area contributed by atoms with Crippen LogP contribution in [0.2, 0.25) is 0 Å². The van der Waals surface area contributed by atoms with Gasteiger partial charge in [0.05, 0.1) is 12.5 Å². The average molecular weight is 270 g/mol. The summed E-state index contributed by atoms with van der Waals surface area (Å²) in [4.78, 5) is 5.06. The van der Waals surface area contributed by atoms with Gasteiger partial charge in [0.2, 0.25) is 0 Å². The molecule has 0 radical (unpaired) electrons. The lowest BCUT2D eigenvalue weighted by Crippen LogP contribution is -2.61. The first-order valence-electron chi connectivity index (χ1n) is 7.49. The third-order valence-electron chi connectivity index (χ3n) is 4.53. The first kappa shape index (κ1) is 13.6. The Morgan fingerprint density at radius 1 is 1.15 bits per heavy atom. The SMILES string of the molecule is N#CCC(c1ccccc1)N1CCN(C2CNC2)CC1. The molecular formula is C16H22N4. The minimum atomic E-state index is 0.253. The first-order valence-corrected chi connectivity index (χ1v) is 7.49. The molecule has 3 rings (SSSR count). The van der Waals surface area contributed by atoms with Crippen LogP contribution >= 0.6 is 0 Å².